The van der Waals surface area contributed by atoms with Gasteiger partial charge in [-0.25, -0.2) is 0 Å². The largest absolute Gasteiger partial charge is 0.115 e. The van der Waals surface area contributed by atoms with Crippen LogP contribution in [0, 0.1) is 12.3 Å². The van der Waals surface area contributed by atoms with Crippen LogP contribution in [0.4, 0.5) is 0 Å². The monoisotopic (exact) mass is 572 g/mol. The summed E-state index contributed by atoms with van der Waals surface area (Å²) in [6, 6.07) is 35.7. The van der Waals surface area contributed by atoms with Crippen LogP contribution < -0.4 is 0 Å². The van der Waals surface area contributed by atoms with Gasteiger partial charge in [0.1, 0.15) is 0 Å². The Morgan fingerprint density at radius 3 is 2.16 bits per heavy atom. The predicted molar refractivity (Wildman–Crippen MR) is 192 cm³/mol. The summed E-state index contributed by atoms with van der Waals surface area (Å²) in [6.07, 6.45) is 22.9. The van der Waals surface area contributed by atoms with Crippen molar-refractivity contribution in [1.29, 1.82) is 0 Å². The second-order valence-corrected chi connectivity index (χ2v) is 10.9. The lowest BCUT2D eigenvalue weighted by Gasteiger charge is -2.35. The molecule has 4 aromatic carbocycles. The van der Waals surface area contributed by atoms with Gasteiger partial charge in [0.2, 0.25) is 0 Å². The van der Waals surface area contributed by atoms with Gasteiger partial charge in [0, 0.05) is 0 Å². The van der Waals surface area contributed by atoms with E-state index in [1.54, 1.807) is 0 Å². The van der Waals surface area contributed by atoms with Crippen molar-refractivity contribution in [2.24, 2.45) is 0 Å². The normalized spacial score (nSPS) is 15.8. The molecule has 1 atom stereocenters. The van der Waals surface area contributed by atoms with Crippen LogP contribution in [-0.4, -0.2) is 0 Å². The molecule has 0 heterocycles. The standard InChI is InChI=1S/C42H38.C2H6/c1-5-8-9-10-18-28-42(39-26-16-14-22-35(39)31-34-20-12-11-13-21-34)40-27-17-15-24-37(40)38-25-19-23-36(41(38)42)30-33(7-3)29-32(4)6-2;1-2/h2,5,7-27,29H,1,28,30-31H2,3-4H3;1-2H3/b9-8-,18-10-,32-29-,33-7+;. The van der Waals surface area contributed by atoms with Gasteiger partial charge in [-0.15, -0.1) is 6.42 Å². The summed E-state index contributed by atoms with van der Waals surface area (Å²) in [5.74, 6) is 2.80. The van der Waals surface area contributed by atoms with Crippen LogP contribution in [0.15, 0.2) is 157 Å². The van der Waals surface area contributed by atoms with Crippen LogP contribution in [0.2, 0.25) is 0 Å². The molecule has 0 nitrogen and oxygen atoms in total. The van der Waals surface area contributed by atoms with E-state index in [4.69, 9.17) is 6.42 Å². The molecule has 1 unspecified atom stereocenters. The molecule has 4 aromatic rings. The van der Waals surface area contributed by atoms with Crippen LogP contribution in [0.5, 0.6) is 0 Å². The van der Waals surface area contributed by atoms with E-state index < -0.39 is 0 Å². The van der Waals surface area contributed by atoms with E-state index in [9.17, 15) is 0 Å². The van der Waals surface area contributed by atoms with Crippen molar-refractivity contribution in [3.8, 4) is 23.5 Å². The van der Waals surface area contributed by atoms with Gasteiger partial charge in [0.15, 0.2) is 0 Å². The van der Waals surface area contributed by atoms with Crippen molar-refractivity contribution in [3.05, 3.63) is 191 Å². The fourth-order valence-corrected chi connectivity index (χ4v) is 6.45. The van der Waals surface area contributed by atoms with Crippen molar-refractivity contribution in [2.45, 2.75) is 52.4 Å². The highest BCUT2D eigenvalue weighted by atomic mass is 14.5. The van der Waals surface area contributed by atoms with Gasteiger partial charge in [-0.05, 0) is 94.8 Å². The summed E-state index contributed by atoms with van der Waals surface area (Å²) in [4.78, 5) is 0. The number of benzene rings is 4. The first-order valence-corrected chi connectivity index (χ1v) is 15.7. The van der Waals surface area contributed by atoms with Crippen LogP contribution in [0.3, 0.4) is 0 Å². The number of hydrogen-bond acceptors (Lipinski definition) is 0. The fourth-order valence-electron chi connectivity index (χ4n) is 6.45. The molecule has 0 fully saturated rings. The van der Waals surface area contributed by atoms with Gasteiger partial charge in [0.05, 0.1) is 5.41 Å². The lowest BCUT2D eigenvalue weighted by atomic mass is 9.66. The van der Waals surface area contributed by atoms with Gasteiger partial charge < -0.3 is 0 Å². The quantitative estimate of drug-likeness (QED) is 0.131. The molecule has 0 spiro atoms. The minimum atomic E-state index is -0.351. The fraction of sp³-hybridized carbons (Fsp3) is 0.182. The Kier molecular flexibility index (Phi) is 11.3. The molecule has 5 rings (SSSR count). The van der Waals surface area contributed by atoms with Gasteiger partial charge in [-0.2, -0.15) is 0 Å². The topological polar surface area (TPSA) is 0 Å². The second-order valence-electron chi connectivity index (χ2n) is 10.9. The van der Waals surface area contributed by atoms with Gasteiger partial charge >= 0.3 is 0 Å². The van der Waals surface area contributed by atoms with E-state index >= 15 is 0 Å². The first kappa shape index (κ1) is 32.1. The average molecular weight is 573 g/mol. The highest BCUT2D eigenvalue weighted by Crippen LogP contribution is 2.56. The maximum atomic E-state index is 5.74. The number of hydrogen-bond donors (Lipinski definition) is 0. The molecular formula is C44H44. The predicted octanol–water partition coefficient (Wildman–Crippen LogP) is 11.4. The molecule has 0 saturated heterocycles. The Morgan fingerprint density at radius 1 is 0.773 bits per heavy atom. The van der Waals surface area contributed by atoms with E-state index in [0.29, 0.717) is 0 Å². The van der Waals surface area contributed by atoms with Crippen molar-refractivity contribution >= 4 is 0 Å². The van der Waals surface area contributed by atoms with Crippen molar-refractivity contribution in [3.63, 3.8) is 0 Å². The van der Waals surface area contributed by atoms with Crippen LogP contribution in [0.25, 0.3) is 11.1 Å². The van der Waals surface area contributed by atoms with Gasteiger partial charge in [0.25, 0.3) is 0 Å². The molecule has 1 aliphatic rings. The molecule has 0 radical (unpaired) electrons. The lowest BCUT2D eigenvalue weighted by Crippen LogP contribution is -2.29. The van der Waals surface area contributed by atoms with Crippen molar-refractivity contribution < 1.29 is 0 Å². The zero-order valence-corrected chi connectivity index (χ0v) is 26.7. The van der Waals surface area contributed by atoms with E-state index in [-0.39, 0.29) is 5.41 Å². The minimum absolute atomic E-state index is 0.351. The Labute approximate surface area is 265 Å². The van der Waals surface area contributed by atoms with Crippen molar-refractivity contribution in [2.75, 3.05) is 0 Å². The maximum Gasteiger partial charge on any atom is 0.0503 e. The Bertz CT molecular complexity index is 1730. The summed E-state index contributed by atoms with van der Waals surface area (Å²) < 4.78 is 0. The summed E-state index contributed by atoms with van der Waals surface area (Å²) >= 11 is 0. The smallest absolute Gasteiger partial charge is 0.0503 e. The molecule has 0 bridgehead atoms. The Hall–Kier alpha value is -4.86. The van der Waals surface area contributed by atoms with Crippen LogP contribution in [0.1, 0.15) is 67.5 Å². The van der Waals surface area contributed by atoms with E-state index in [1.165, 1.54) is 50.1 Å². The number of terminal acetylenes is 1. The van der Waals surface area contributed by atoms with Crippen LogP contribution >= 0.6 is 0 Å². The Balaban J connectivity index is 0.00000216. The molecule has 0 aliphatic heterocycles. The molecule has 0 saturated carbocycles. The lowest BCUT2D eigenvalue weighted by molar-refractivity contribution is 0.631. The summed E-state index contributed by atoms with van der Waals surface area (Å²) in [7, 11) is 0. The zero-order chi connectivity index (χ0) is 31.4. The minimum Gasteiger partial charge on any atom is -0.115 e. The average Bonchev–Trinajstić information content (AvgIpc) is 3.37. The zero-order valence-electron chi connectivity index (χ0n) is 26.7. The molecule has 0 amide bonds. The molecule has 0 aromatic heterocycles. The van der Waals surface area contributed by atoms with Gasteiger partial charge in [-0.1, -0.05) is 160 Å². The summed E-state index contributed by atoms with van der Waals surface area (Å²) in [6.45, 7) is 11.9. The number of rotatable bonds is 10. The first-order chi connectivity index (χ1) is 21.6. The highest BCUT2D eigenvalue weighted by molar-refractivity contribution is 5.85. The summed E-state index contributed by atoms with van der Waals surface area (Å²) in [5.41, 5.74) is 12.6. The molecule has 44 heavy (non-hydrogen) atoms. The highest BCUT2D eigenvalue weighted by Gasteiger charge is 2.46. The third-order valence-electron chi connectivity index (χ3n) is 8.28. The maximum absolute atomic E-state index is 5.74. The number of allylic oxidation sites excluding steroid dienone is 9. The number of fused-ring (bicyclic) bond motifs is 3. The van der Waals surface area contributed by atoms with Gasteiger partial charge in [-0.3, -0.25) is 0 Å². The molecule has 220 valence electrons. The summed E-state index contributed by atoms with van der Waals surface area (Å²) in [5, 5.41) is 0. The van der Waals surface area contributed by atoms with E-state index in [2.05, 4.69) is 147 Å². The first-order valence-electron chi connectivity index (χ1n) is 15.7. The molecular weight excluding hydrogens is 528 g/mol. The Morgan fingerprint density at radius 2 is 1.43 bits per heavy atom. The molecule has 0 heteroatoms. The van der Waals surface area contributed by atoms with E-state index in [1.807, 2.05) is 32.9 Å². The third kappa shape index (κ3) is 6.69. The molecule has 1 aliphatic carbocycles. The van der Waals surface area contributed by atoms with Crippen molar-refractivity contribution in [1.82, 2.24) is 0 Å². The van der Waals surface area contributed by atoms with Crippen LogP contribution in [-0.2, 0) is 18.3 Å². The van der Waals surface area contributed by atoms with E-state index in [0.717, 1.165) is 24.8 Å². The second kappa shape index (κ2) is 15.6. The molecule has 0 N–H and O–H groups in total. The third-order valence-corrected chi connectivity index (χ3v) is 8.28. The SMILES string of the molecule is C#C/C(C)=C\C(=C/C)Cc1cccc2c1C(C/C=C\C=C/C=C)(c1ccccc1Cc1ccccc1)c1ccccc1-2.CC.